The molecule has 0 amide bonds. The van der Waals surface area contributed by atoms with Crippen molar-refractivity contribution >= 4 is 15.9 Å². The molecule has 2 aromatic rings. The summed E-state index contributed by atoms with van der Waals surface area (Å²) in [6.45, 7) is 1.78. The van der Waals surface area contributed by atoms with E-state index in [1.165, 1.54) is 6.42 Å². The Morgan fingerprint density at radius 3 is 2.95 bits per heavy atom. The Kier molecular flexibility index (Phi) is 2.93. The highest BCUT2D eigenvalue weighted by Gasteiger charge is 2.56. The number of aromatic amines is 1. The zero-order valence-electron chi connectivity index (χ0n) is 11.1. The smallest absolute Gasteiger partial charge is 0.181 e. The van der Waals surface area contributed by atoms with E-state index in [2.05, 4.69) is 26.1 Å². The number of ether oxygens (including phenoxy) is 1. The van der Waals surface area contributed by atoms with Gasteiger partial charge in [-0.2, -0.15) is 5.10 Å². The highest BCUT2D eigenvalue weighted by molar-refractivity contribution is 9.10. The monoisotopic (exact) mass is 333 g/mol. The zero-order valence-corrected chi connectivity index (χ0v) is 12.7. The van der Waals surface area contributed by atoms with Crippen LogP contribution in [0.3, 0.4) is 0 Å². The van der Waals surface area contributed by atoms with Gasteiger partial charge in [0.2, 0.25) is 0 Å². The summed E-state index contributed by atoms with van der Waals surface area (Å²) < 4.78 is 6.52. The summed E-state index contributed by atoms with van der Waals surface area (Å²) in [5.41, 5.74) is 1.48. The Hall–Kier alpha value is -1.20. The standard InChI is InChI=1S/C15H16BrN3O/c16-11-3-1-2-10(8-11)13-17-14(19-18-13)12-9-15(12)4-6-20-7-5-15/h1-3,8,12H,4-7,9H2,(H,17,18,19). The molecule has 1 aliphatic heterocycles. The summed E-state index contributed by atoms with van der Waals surface area (Å²) >= 11 is 3.49. The molecular formula is C15H16BrN3O. The van der Waals surface area contributed by atoms with Crippen LogP contribution in [0.5, 0.6) is 0 Å². The van der Waals surface area contributed by atoms with Gasteiger partial charge in [-0.1, -0.05) is 28.1 Å². The van der Waals surface area contributed by atoms with Gasteiger partial charge in [0.15, 0.2) is 5.82 Å². The lowest BCUT2D eigenvalue weighted by Gasteiger charge is -2.22. The molecule has 1 saturated heterocycles. The Balaban J connectivity index is 1.57. The molecule has 20 heavy (non-hydrogen) atoms. The maximum Gasteiger partial charge on any atom is 0.181 e. The van der Waals surface area contributed by atoms with Crippen LogP contribution >= 0.6 is 15.9 Å². The number of rotatable bonds is 2. The molecule has 4 nitrogen and oxygen atoms in total. The van der Waals surface area contributed by atoms with E-state index in [1.54, 1.807) is 0 Å². The number of hydrogen-bond donors (Lipinski definition) is 1. The van der Waals surface area contributed by atoms with Crippen molar-refractivity contribution in [1.29, 1.82) is 0 Å². The maximum atomic E-state index is 5.47. The molecule has 2 heterocycles. The van der Waals surface area contributed by atoms with Gasteiger partial charge < -0.3 is 4.74 Å². The molecular weight excluding hydrogens is 318 g/mol. The second-order valence-corrected chi connectivity index (χ2v) is 6.70. The average molecular weight is 334 g/mol. The Labute approximate surface area is 126 Å². The van der Waals surface area contributed by atoms with Crippen LogP contribution in [-0.4, -0.2) is 28.4 Å². The number of halogens is 1. The summed E-state index contributed by atoms with van der Waals surface area (Å²) in [7, 11) is 0. The van der Waals surface area contributed by atoms with Crippen LogP contribution in [0.15, 0.2) is 28.7 Å². The Bertz CT molecular complexity index is 634. The first-order valence-electron chi connectivity index (χ1n) is 7.03. The van der Waals surface area contributed by atoms with Gasteiger partial charge >= 0.3 is 0 Å². The molecule has 1 aromatic carbocycles. The molecule has 0 radical (unpaired) electrons. The van der Waals surface area contributed by atoms with Gasteiger partial charge in [-0.3, -0.25) is 5.10 Å². The zero-order chi connectivity index (χ0) is 13.6. The molecule has 0 bridgehead atoms. The first-order valence-corrected chi connectivity index (χ1v) is 7.82. The van der Waals surface area contributed by atoms with Crippen LogP contribution in [0.4, 0.5) is 0 Å². The van der Waals surface area contributed by atoms with Gasteiger partial charge in [0.05, 0.1) is 0 Å². The predicted molar refractivity (Wildman–Crippen MR) is 79.4 cm³/mol. The third-order valence-corrected chi connectivity index (χ3v) is 5.09. The van der Waals surface area contributed by atoms with Gasteiger partial charge in [0.1, 0.15) is 5.82 Å². The van der Waals surface area contributed by atoms with E-state index < -0.39 is 0 Å². The lowest BCUT2D eigenvalue weighted by molar-refractivity contribution is 0.0554. The number of nitrogens with zero attached hydrogens (tertiary/aromatic N) is 2. The van der Waals surface area contributed by atoms with Crippen LogP contribution in [0, 0.1) is 5.41 Å². The number of benzene rings is 1. The molecule has 1 N–H and O–H groups in total. The fourth-order valence-corrected chi connectivity index (χ4v) is 3.65. The van der Waals surface area contributed by atoms with Gasteiger partial charge in [-0.05, 0) is 36.8 Å². The summed E-state index contributed by atoms with van der Waals surface area (Å²) in [5, 5.41) is 7.52. The average Bonchev–Trinajstić information content (AvgIpc) is 2.95. The number of aromatic nitrogens is 3. The Morgan fingerprint density at radius 2 is 2.15 bits per heavy atom. The molecule has 1 unspecified atom stereocenters. The van der Waals surface area contributed by atoms with Crippen molar-refractivity contribution in [2.24, 2.45) is 5.41 Å². The SMILES string of the molecule is Brc1cccc(-c2n[nH]c(C3CC34CCOCC4)n2)c1. The quantitative estimate of drug-likeness (QED) is 0.914. The molecule has 5 heteroatoms. The molecule has 1 atom stereocenters. The van der Waals surface area contributed by atoms with Crippen molar-refractivity contribution < 1.29 is 4.74 Å². The summed E-state index contributed by atoms with van der Waals surface area (Å²) in [4.78, 5) is 4.70. The first kappa shape index (κ1) is 12.5. The second kappa shape index (κ2) is 4.67. The summed E-state index contributed by atoms with van der Waals surface area (Å²) in [6, 6.07) is 8.10. The fraction of sp³-hybridized carbons (Fsp3) is 0.467. The number of nitrogens with one attached hydrogen (secondary N) is 1. The second-order valence-electron chi connectivity index (χ2n) is 5.79. The van der Waals surface area contributed by atoms with Crippen molar-refractivity contribution in [1.82, 2.24) is 15.2 Å². The minimum atomic E-state index is 0.437. The molecule has 1 saturated carbocycles. The molecule has 1 aliphatic carbocycles. The molecule has 104 valence electrons. The highest BCUT2D eigenvalue weighted by Crippen LogP contribution is 2.64. The van der Waals surface area contributed by atoms with E-state index in [1.807, 2.05) is 24.3 Å². The molecule has 1 spiro atoms. The molecule has 2 fully saturated rings. The third kappa shape index (κ3) is 2.09. The minimum Gasteiger partial charge on any atom is -0.381 e. The number of hydrogen-bond acceptors (Lipinski definition) is 3. The Morgan fingerprint density at radius 1 is 1.30 bits per heavy atom. The first-order chi connectivity index (χ1) is 9.77. The van der Waals surface area contributed by atoms with Crippen molar-refractivity contribution in [3.63, 3.8) is 0 Å². The maximum absolute atomic E-state index is 5.47. The largest absolute Gasteiger partial charge is 0.381 e. The summed E-state index contributed by atoms with van der Waals surface area (Å²) in [5.74, 6) is 2.37. The van der Waals surface area contributed by atoms with Crippen molar-refractivity contribution in [3.05, 3.63) is 34.6 Å². The van der Waals surface area contributed by atoms with E-state index in [0.29, 0.717) is 11.3 Å². The highest BCUT2D eigenvalue weighted by atomic mass is 79.9. The van der Waals surface area contributed by atoms with Crippen LogP contribution in [0.2, 0.25) is 0 Å². The third-order valence-electron chi connectivity index (χ3n) is 4.59. The lowest BCUT2D eigenvalue weighted by atomic mass is 9.94. The topological polar surface area (TPSA) is 50.8 Å². The van der Waals surface area contributed by atoms with Crippen LogP contribution in [0.1, 0.15) is 31.0 Å². The van der Waals surface area contributed by atoms with Gasteiger partial charge in [-0.25, -0.2) is 4.98 Å². The van der Waals surface area contributed by atoms with Crippen LogP contribution < -0.4 is 0 Å². The molecule has 4 rings (SSSR count). The number of H-pyrrole nitrogens is 1. The van der Waals surface area contributed by atoms with Crippen molar-refractivity contribution in [2.75, 3.05) is 13.2 Å². The predicted octanol–water partition coefficient (Wildman–Crippen LogP) is 3.52. The van der Waals surface area contributed by atoms with E-state index in [9.17, 15) is 0 Å². The minimum absolute atomic E-state index is 0.437. The van der Waals surface area contributed by atoms with Crippen molar-refractivity contribution in [2.45, 2.75) is 25.2 Å². The van der Waals surface area contributed by atoms with Gasteiger partial charge in [0, 0.05) is 29.2 Å². The van der Waals surface area contributed by atoms with Crippen LogP contribution in [0.25, 0.3) is 11.4 Å². The van der Waals surface area contributed by atoms with E-state index in [0.717, 1.165) is 47.7 Å². The lowest BCUT2D eigenvalue weighted by Crippen LogP contribution is -2.18. The summed E-state index contributed by atoms with van der Waals surface area (Å²) in [6.07, 6.45) is 3.54. The van der Waals surface area contributed by atoms with E-state index in [4.69, 9.17) is 9.72 Å². The molecule has 1 aromatic heterocycles. The normalized spacial score (nSPS) is 23.9. The van der Waals surface area contributed by atoms with Crippen molar-refractivity contribution in [3.8, 4) is 11.4 Å². The van der Waals surface area contributed by atoms with E-state index >= 15 is 0 Å². The molecule has 2 aliphatic rings. The van der Waals surface area contributed by atoms with E-state index in [-0.39, 0.29) is 0 Å². The van der Waals surface area contributed by atoms with Crippen LogP contribution in [-0.2, 0) is 4.74 Å². The van der Waals surface area contributed by atoms with Gasteiger partial charge in [0.25, 0.3) is 0 Å². The fourth-order valence-electron chi connectivity index (χ4n) is 3.25. The van der Waals surface area contributed by atoms with Gasteiger partial charge in [-0.15, -0.1) is 0 Å².